The molecule has 0 bridgehead atoms. The van der Waals surface area contributed by atoms with Crippen LogP contribution in [0.1, 0.15) is 37.8 Å². The molecule has 5 heteroatoms. The molecule has 3 N–H and O–H groups in total. The lowest BCUT2D eigenvalue weighted by Crippen LogP contribution is -2.32. The molecule has 1 amide bonds. The van der Waals surface area contributed by atoms with Gasteiger partial charge in [0.25, 0.3) is 0 Å². The van der Waals surface area contributed by atoms with Crippen molar-refractivity contribution < 1.29 is 13.9 Å². The number of carbonyl (C=O) groups is 1. The fourth-order valence-corrected chi connectivity index (χ4v) is 2.26. The average Bonchev–Trinajstić information content (AvgIpc) is 2.52. The highest BCUT2D eigenvalue weighted by atomic mass is 19.1. The van der Waals surface area contributed by atoms with Gasteiger partial charge in [-0.3, -0.25) is 4.79 Å². The maximum Gasteiger partial charge on any atom is 0.222 e. The SMILES string of the molecule is CC(N)CC(=O)NC1CCCOc2c(F)cccc21. The summed E-state index contributed by atoms with van der Waals surface area (Å²) in [6.07, 6.45) is 1.78. The van der Waals surface area contributed by atoms with Crippen molar-refractivity contribution in [3.8, 4) is 5.75 Å². The molecule has 1 aliphatic rings. The lowest BCUT2D eigenvalue weighted by Gasteiger charge is -2.19. The van der Waals surface area contributed by atoms with E-state index in [0.717, 1.165) is 12.8 Å². The van der Waals surface area contributed by atoms with E-state index in [1.807, 2.05) is 0 Å². The van der Waals surface area contributed by atoms with Gasteiger partial charge >= 0.3 is 0 Å². The van der Waals surface area contributed by atoms with Gasteiger partial charge in [-0.25, -0.2) is 4.39 Å². The molecule has 1 aliphatic heterocycles. The highest BCUT2D eigenvalue weighted by Gasteiger charge is 2.23. The Morgan fingerprint density at radius 3 is 3.16 bits per heavy atom. The lowest BCUT2D eigenvalue weighted by atomic mass is 10.0. The Bertz CT molecular complexity index is 463. The van der Waals surface area contributed by atoms with Gasteiger partial charge < -0.3 is 15.8 Å². The molecule has 104 valence electrons. The van der Waals surface area contributed by atoms with Gasteiger partial charge in [0.1, 0.15) is 0 Å². The van der Waals surface area contributed by atoms with Crippen molar-refractivity contribution in [2.24, 2.45) is 5.73 Å². The second kappa shape index (κ2) is 6.02. The van der Waals surface area contributed by atoms with Crippen LogP contribution in [-0.4, -0.2) is 18.6 Å². The molecule has 0 saturated carbocycles. The van der Waals surface area contributed by atoms with Crippen molar-refractivity contribution in [1.29, 1.82) is 0 Å². The van der Waals surface area contributed by atoms with Gasteiger partial charge in [-0.2, -0.15) is 0 Å². The van der Waals surface area contributed by atoms with Crippen LogP contribution in [0.2, 0.25) is 0 Å². The third kappa shape index (κ3) is 3.44. The summed E-state index contributed by atoms with van der Waals surface area (Å²) in [5, 5.41) is 2.91. The standard InChI is InChI=1S/C14H19FN2O2/c1-9(16)8-13(18)17-12-6-3-7-19-14-10(12)4-2-5-11(14)15/h2,4-5,9,12H,3,6-8,16H2,1H3,(H,17,18). The van der Waals surface area contributed by atoms with Crippen molar-refractivity contribution in [3.63, 3.8) is 0 Å². The second-order valence-corrected chi connectivity index (χ2v) is 4.95. The van der Waals surface area contributed by atoms with E-state index in [4.69, 9.17) is 10.5 Å². The van der Waals surface area contributed by atoms with Gasteiger partial charge in [-0.15, -0.1) is 0 Å². The molecule has 0 radical (unpaired) electrons. The summed E-state index contributed by atoms with van der Waals surface area (Å²) in [5.41, 5.74) is 6.31. The largest absolute Gasteiger partial charge is 0.490 e. The summed E-state index contributed by atoms with van der Waals surface area (Å²) in [4.78, 5) is 11.8. The second-order valence-electron chi connectivity index (χ2n) is 4.95. The summed E-state index contributed by atoms with van der Waals surface area (Å²) in [6.45, 7) is 2.25. The van der Waals surface area contributed by atoms with E-state index < -0.39 is 0 Å². The molecule has 1 heterocycles. The minimum atomic E-state index is -0.383. The van der Waals surface area contributed by atoms with Crippen LogP contribution in [-0.2, 0) is 4.79 Å². The first-order valence-electron chi connectivity index (χ1n) is 6.54. The monoisotopic (exact) mass is 266 g/mol. The Hall–Kier alpha value is -1.62. The number of carbonyl (C=O) groups excluding carboxylic acids is 1. The van der Waals surface area contributed by atoms with Crippen LogP contribution in [0, 0.1) is 5.82 Å². The molecular weight excluding hydrogens is 247 g/mol. The van der Waals surface area contributed by atoms with E-state index >= 15 is 0 Å². The number of hydrogen-bond acceptors (Lipinski definition) is 3. The van der Waals surface area contributed by atoms with Crippen molar-refractivity contribution in [2.45, 2.75) is 38.3 Å². The van der Waals surface area contributed by atoms with E-state index in [0.29, 0.717) is 12.2 Å². The van der Waals surface area contributed by atoms with Crippen molar-refractivity contribution in [2.75, 3.05) is 6.61 Å². The van der Waals surface area contributed by atoms with Crippen LogP contribution in [0.25, 0.3) is 0 Å². The topological polar surface area (TPSA) is 64.4 Å². The van der Waals surface area contributed by atoms with Crippen LogP contribution >= 0.6 is 0 Å². The van der Waals surface area contributed by atoms with Gasteiger partial charge in [-0.1, -0.05) is 12.1 Å². The van der Waals surface area contributed by atoms with E-state index in [2.05, 4.69) is 5.32 Å². The zero-order valence-corrected chi connectivity index (χ0v) is 11.0. The van der Waals surface area contributed by atoms with E-state index in [1.54, 1.807) is 19.1 Å². The van der Waals surface area contributed by atoms with Crippen molar-refractivity contribution in [1.82, 2.24) is 5.32 Å². The number of benzene rings is 1. The third-order valence-electron chi connectivity index (χ3n) is 3.10. The lowest BCUT2D eigenvalue weighted by molar-refractivity contribution is -0.122. The molecule has 0 aromatic heterocycles. The molecule has 0 aliphatic carbocycles. The molecule has 0 fully saturated rings. The van der Waals surface area contributed by atoms with E-state index in [-0.39, 0.29) is 36.0 Å². The number of fused-ring (bicyclic) bond motifs is 1. The summed E-state index contributed by atoms with van der Waals surface area (Å²) in [5.74, 6) is -0.242. The number of para-hydroxylation sites is 1. The number of halogens is 1. The smallest absolute Gasteiger partial charge is 0.222 e. The molecule has 0 spiro atoms. The minimum Gasteiger partial charge on any atom is -0.490 e. The van der Waals surface area contributed by atoms with Gasteiger partial charge in [0.15, 0.2) is 11.6 Å². The first kappa shape index (κ1) is 13.8. The normalized spacial score (nSPS) is 19.8. The molecule has 1 aromatic rings. The predicted molar refractivity (Wildman–Crippen MR) is 70.3 cm³/mol. The van der Waals surface area contributed by atoms with E-state index in [9.17, 15) is 9.18 Å². The molecule has 2 atom stereocenters. The average molecular weight is 266 g/mol. The van der Waals surface area contributed by atoms with Gasteiger partial charge in [0.2, 0.25) is 5.91 Å². The maximum atomic E-state index is 13.7. The summed E-state index contributed by atoms with van der Waals surface area (Å²) < 4.78 is 19.1. The zero-order chi connectivity index (χ0) is 13.8. The maximum absolute atomic E-state index is 13.7. The predicted octanol–water partition coefficient (Wildman–Crippen LogP) is 1.89. The first-order valence-corrected chi connectivity index (χ1v) is 6.54. The number of amides is 1. The van der Waals surface area contributed by atoms with Crippen LogP contribution < -0.4 is 15.8 Å². The Labute approximate surface area is 112 Å². The highest BCUT2D eigenvalue weighted by Crippen LogP contribution is 2.33. The van der Waals surface area contributed by atoms with E-state index in [1.165, 1.54) is 6.07 Å². The first-order chi connectivity index (χ1) is 9.08. The van der Waals surface area contributed by atoms with Crippen molar-refractivity contribution in [3.05, 3.63) is 29.6 Å². The number of nitrogens with one attached hydrogen (secondary N) is 1. The quantitative estimate of drug-likeness (QED) is 0.878. The highest BCUT2D eigenvalue weighted by molar-refractivity contribution is 5.77. The number of ether oxygens (including phenoxy) is 1. The van der Waals surface area contributed by atoms with Crippen LogP contribution in [0.15, 0.2) is 18.2 Å². The van der Waals surface area contributed by atoms with Gasteiger partial charge in [-0.05, 0) is 25.8 Å². The Morgan fingerprint density at radius 1 is 1.63 bits per heavy atom. The summed E-state index contributed by atoms with van der Waals surface area (Å²) >= 11 is 0. The van der Waals surface area contributed by atoms with Gasteiger partial charge in [0, 0.05) is 18.0 Å². The number of hydrogen-bond donors (Lipinski definition) is 2. The van der Waals surface area contributed by atoms with Crippen LogP contribution in [0.5, 0.6) is 5.75 Å². The molecule has 2 rings (SSSR count). The van der Waals surface area contributed by atoms with Gasteiger partial charge in [0.05, 0.1) is 12.6 Å². The fourth-order valence-electron chi connectivity index (χ4n) is 2.26. The summed E-state index contributed by atoms with van der Waals surface area (Å²) in [7, 11) is 0. The van der Waals surface area contributed by atoms with Crippen molar-refractivity contribution >= 4 is 5.91 Å². The molecule has 1 aromatic carbocycles. The number of rotatable bonds is 3. The molecule has 2 unspecified atom stereocenters. The molecule has 19 heavy (non-hydrogen) atoms. The Morgan fingerprint density at radius 2 is 2.42 bits per heavy atom. The Kier molecular flexibility index (Phi) is 4.37. The Balaban J connectivity index is 2.18. The molecule has 4 nitrogen and oxygen atoms in total. The molecule has 0 saturated heterocycles. The fraction of sp³-hybridized carbons (Fsp3) is 0.500. The number of nitrogens with two attached hydrogens (primary N) is 1. The summed E-state index contributed by atoms with van der Waals surface area (Å²) in [6, 6.07) is 4.40. The third-order valence-corrected chi connectivity index (χ3v) is 3.10. The zero-order valence-electron chi connectivity index (χ0n) is 11.0. The van der Waals surface area contributed by atoms with Crippen LogP contribution in [0.3, 0.4) is 0 Å². The molecular formula is C14H19FN2O2. The minimum absolute atomic E-state index is 0.114. The van der Waals surface area contributed by atoms with Crippen LogP contribution in [0.4, 0.5) is 4.39 Å².